The van der Waals surface area contributed by atoms with Crippen LogP contribution in [0.2, 0.25) is 5.02 Å². The molecular formula is C12H10BrClN2OS. The number of halogens is 2. The van der Waals surface area contributed by atoms with E-state index in [9.17, 15) is 0 Å². The molecule has 0 bridgehead atoms. The molecular weight excluding hydrogens is 336 g/mol. The average Bonchev–Trinajstić information content (AvgIpc) is 3.01. The van der Waals surface area contributed by atoms with Crippen LogP contribution < -0.4 is 10.5 Å². The summed E-state index contributed by atoms with van der Waals surface area (Å²) < 4.78 is 6.94. The molecule has 1 aromatic heterocycles. The van der Waals surface area contributed by atoms with Crippen molar-refractivity contribution in [1.29, 1.82) is 0 Å². The highest BCUT2D eigenvalue weighted by Gasteiger charge is 2.42. The molecule has 6 heteroatoms. The summed E-state index contributed by atoms with van der Waals surface area (Å²) in [6, 6.07) is 3.70. The number of ether oxygens (including phenoxy) is 1. The molecule has 18 heavy (non-hydrogen) atoms. The van der Waals surface area contributed by atoms with Crippen LogP contribution in [0.5, 0.6) is 5.75 Å². The molecule has 1 aliphatic heterocycles. The van der Waals surface area contributed by atoms with Crippen LogP contribution in [0.4, 0.5) is 0 Å². The van der Waals surface area contributed by atoms with E-state index in [1.54, 1.807) is 16.8 Å². The Hall–Kier alpha value is -0.620. The first-order chi connectivity index (χ1) is 8.66. The van der Waals surface area contributed by atoms with Gasteiger partial charge in [-0.25, -0.2) is 4.98 Å². The van der Waals surface area contributed by atoms with Crippen molar-refractivity contribution in [2.75, 3.05) is 6.54 Å². The van der Waals surface area contributed by atoms with Crippen LogP contribution in [0.1, 0.15) is 11.3 Å². The highest BCUT2D eigenvalue weighted by molar-refractivity contribution is 9.10. The van der Waals surface area contributed by atoms with Crippen LogP contribution in [0.15, 0.2) is 27.5 Å². The van der Waals surface area contributed by atoms with Gasteiger partial charge in [0.2, 0.25) is 0 Å². The van der Waals surface area contributed by atoms with Gasteiger partial charge < -0.3 is 10.5 Å². The Morgan fingerprint density at radius 2 is 2.39 bits per heavy atom. The van der Waals surface area contributed by atoms with Crippen LogP contribution >= 0.6 is 38.9 Å². The minimum atomic E-state index is -0.560. The van der Waals surface area contributed by atoms with Gasteiger partial charge in [-0.1, -0.05) is 11.6 Å². The first-order valence-electron chi connectivity index (χ1n) is 5.41. The molecule has 3 nitrogen and oxygen atoms in total. The Morgan fingerprint density at radius 3 is 3.06 bits per heavy atom. The van der Waals surface area contributed by atoms with Crippen molar-refractivity contribution in [3.63, 3.8) is 0 Å². The SMILES string of the molecule is NCC1(c2cscn2)Cc2c(ccc(Cl)c2Br)O1. The van der Waals surface area contributed by atoms with E-state index in [4.69, 9.17) is 22.1 Å². The van der Waals surface area contributed by atoms with Crippen molar-refractivity contribution in [3.8, 4) is 5.75 Å². The summed E-state index contributed by atoms with van der Waals surface area (Å²) in [7, 11) is 0. The molecule has 1 aliphatic rings. The zero-order valence-corrected chi connectivity index (χ0v) is 12.5. The molecule has 94 valence electrons. The summed E-state index contributed by atoms with van der Waals surface area (Å²) in [5.41, 5.74) is 9.09. The number of hydrogen-bond acceptors (Lipinski definition) is 4. The Bertz CT molecular complexity index is 590. The molecule has 1 aromatic carbocycles. The minimum Gasteiger partial charge on any atom is -0.479 e. The van der Waals surface area contributed by atoms with Crippen LogP contribution in [0.3, 0.4) is 0 Å². The third-order valence-electron chi connectivity index (χ3n) is 3.15. The topological polar surface area (TPSA) is 48.1 Å². The second kappa shape index (κ2) is 4.49. The quantitative estimate of drug-likeness (QED) is 0.908. The first kappa shape index (κ1) is 12.4. The lowest BCUT2D eigenvalue weighted by Crippen LogP contribution is -2.39. The highest BCUT2D eigenvalue weighted by Crippen LogP contribution is 2.45. The van der Waals surface area contributed by atoms with Gasteiger partial charge in [-0.05, 0) is 28.1 Å². The van der Waals surface area contributed by atoms with Gasteiger partial charge in [0.25, 0.3) is 0 Å². The van der Waals surface area contributed by atoms with Crippen LogP contribution in [0.25, 0.3) is 0 Å². The van der Waals surface area contributed by atoms with Gasteiger partial charge in [0.05, 0.1) is 16.2 Å². The van der Waals surface area contributed by atoms with E-state index in [1.807, 2.05) is 17.5 Å². The average molecular weight is 346 g/mol. The Balaban J connectivity index is 2.08. The Morgan fingerprint density at radius 1 is 1.56 bits per heavy atom. The molecule has 0 saturated carbocycles. The molecule has 0 saturated heterocycles. The van der Waals surface area contributed by atoms with E-state index >= 15 is 0 Å². The van der Waals surface area contributed by atoms with Gasteiger partial charge >= 0.3 is 0 Å². The number of aromatic nitrogens is 1. The van der Waals surface area contributed by atoms with E-state index in [2.05, 4.69) is 20.9 Å². The molecule has 1 atom stereocenters. The number of nitrogens with zero attached hydrogens (tertiary/aromatic N) is 1. The maximum absolute atomic E-state index is 6.11. The number of hydrogen-bond donors (Lipinski definition) is 1. The lowest BCUT2D eigenvalue weighted by atomic mass is 9.94. The Kier molecular flexibility index (Phi) is 3.10. The number of benzene rings is 1. The van der Waals surface area contributed by atoms with Gasteiger partial charge in [0.1, 0.15) is 5.75 Å². The molecule has 0 aliphatic carbocycles. The molecule has 2 heterocycles. The highest BCUT2D eigenvalue weighted by atomic mass is 79.9. The van der Waals surface area contributed by atoms with E-state index < -0.39 is 5.60 Å². The van der Waals surface area contributed by atoms with Gasteiger partial charge in [-0.3, -0.25) is 0 Å². The summed E-state index contributed by atoms with van der Waals surface area (Å²) in [6.45, 7) is 0.384. The van der Waals surface area contributed by atoms with Crippen molar-refractivity contribution < 1.29 is 4.74 Å². The summed E-state index contributed by atoms with van der Waals surface area (Å²) in [4.78, 5) is 4.34. The van der Waals surface area contributed by atoms with Crippen LogP contribution in [0, 0.1) is 0 Å². The van der Waals surface area contributed by atoms with Gasteiger partial charge in [0, 0.05) is 28.4 Å². The molecule has 0 amide bonds. The fourth-order valence-corrected chi connectivity index (χ4v) is 3.45. The smallest absolute Gasteiger partial charge is 0.168 e. The number of nitrogens with two attached hydrogens (primary N) is 1. The summed E-state index contributed by atoms with van der Waals surface area (Å²) in [5.74, 6) is 0.824. The minimum absolute atomic E-state index is 0.384. The molecule has 1 unspecified atom stereocenters. The van der Waals surface area contributed by atoms with E-state index in [-0.39, 0.29) is 0 Å². The standard InChI is InChI=1S/C12H10BrClN2OS/c13-11-7-3-12(5-15,10-4-18-6-16-10)17-9(7)2-1-8(11)14/h1-2,4,6H,3,5,15H2. The third-order valence-corrected chi connectivity index (χ3v) is 5.19. The van der Waals surface area contributed by atoms with E-state index in [0.29, 0.717) is 18.0 Å². The largest absolute Gasteiger partial charge is 0.479 e. The molecule has 2 aromatic rings. The molecule has 0 fully saturated rings. The zero-order valence-electron chi connectivity index (χ0n) is 9.32. The number of rotatable bonds is 2. The third kappa shape index (κ3) is 1.77. The number of thiazole rings is 1. The molecule has 0 spiro atoms. The lowest BCUT2D eigenvalue weighted by molar-refractivity contribution is 0.0985. The molecule has 0 radical (unpaired) electrons. The van der Waals surface area contributed by atoms with Crippen molar-refractivity contribution in [3.05, 3.63) is 43.8 Å². The van der Waals surface area contributed by atoms with Gasteiger partial charge in [-0.15, -0.1) is 11.3 Å². The van der Waals surface area contributed by atoms with E-state index in [1.165, 1.54) is 0 Å². The van der Waals surface area contributed by atoms with Crippen LogP contribution in [-0.4, -0.2) is 11.5 Å². The summed E-state index contributed by atoms with van der Waals surface area (Å²) >= 11 is 11.2. The first-order valence-corrected chi connectivity index (χ1v) is 7.52. The van der Waals surface area contributed by atoms with Gasteiger partial charge in [-0.2, -0.15) is 0 Å². The monoisotopic (exact) mass is 344 g/mol. The Labute approximate surface area is 122 Å². The van der Waals surface area contributed by atoms with Crippen molar-refractivity contribution in [2.45, 2.75) is 12.0 Å². The fourth-order valence-electron chi connectivity index (χ4n) is 2.17. The van der Waals surface area contributed by atoms with E-state index in [0.717, 1.165) is 21.5 Å². The predicted molar refractivity (Wildman–Crippen MR) is 76.3 cm³/mol. The molecule has 3 rings (SSSR count). The second-order valence-corrected chi connectivity index (χ2v) is 6.11. The van der Waals surface area contributed by atoms with Crippen molar-refractivity contribution >= 4 is 38.9 Å². The second-order valence-electron chi connectivity index (χ2n) is 4.19. The van der Waals surface area contributed by atoms with Crippen LogP contribution in [-0.2, 0) is 12.0 Å². The predicted octanol–water partition coefficient (Wildman–Crippen LogP) is 3.35. The fraction of sp³-hybridized carbons (Fsp3) is 0.250. The van der Waals surface area contributed by atoms with Gasteiger partial charge in [0.15, 0.2) is 5.60 Å². The number of fused-ring (bicyclic) bond motifs is 1. The maximum Gasteiger partial charge on any atom is 0.168 e. The van der Waals surface area contributed by atoms with Crippen molar-refractivity contribution in [2.24, 2.45) is 5.73 Å². The van der Waals surface area contributed by atoms with Crippen molar-refractivity contribution in [1.82, 2.24) is 4.98 Å². The molecule has 2 N–H and O–H groups in total. The normalized spacial score (nSPS) is 21.7. The summed E-state index contributed by atoms with van der Waals surface area (Å²) in [6.07, 6.45) is 0.684. The maximum atomic E-state index is 6.11. The zero-order chi connectivity index (χ0) is 12.8. The summed E-state index contributed by atoms with van der Waals surface area (Å²) in [5, 5.41) is 2.66. The lowest BCUT2D eigenvalue weighted by Gasteiger charge is -2.25.